The first-order valence-corrected chi connectivity index (χ1v) is 17.3. The predicted octanol–water partition coefficient (Wildman–Crippen LogP) is 2.34. The molecule has 18 nitrogen and oxygen atoms in total. The van der Waals surface area contributed by atoms with E-state index in [-0.39, 0.29) is 33.3 Å². The van der Waals surface area contributed by atoms with Gasteiger partial charge in [-0.15, -0.1) is 0 Å². The molecule has 0 saturated carbocycles. The standard InChI is InChI=1S/2C12H13FN2O4.C11H12N2O4/c2*1-2-3-4-7-5-8(16)19-11-9(7)10(17)14-12(18)15(11)6-13;1-2-3-4-6-5-7(14)17-10-8(6)9(15)12-11(16)13-10/h2*5H,2-4,6H2,1H3,(H,14,17,18);5H,2-4H2,1H3,(H2,12,13,15,16). The van der Waals surface area contributed by atoms with Crippen molar-refractivity contribution in [3.05, 3.63) is 129 Å². The van der Waals surface area contributed by atoms with Crippen molar-refractivity contribution >= 4 is 33.3 Å². The molecule has 0 aliphatic rings. The van der Waals surface area contributed by atoms with Crippen LogP contribution in [0.3, 0.4) is 0 Å². The van der Waals surface area contributed by atoms with Gasteiger partial charge < -0.3 is 13.3 Å². The molecule has 0 radical (unpaired) electrons. The molecule has 0 bridgehead atoms. The molecule has 0 amide bonds. The normalized spacial score (nSPS) is 11.0. The SMILES string of the molecule is CCCCc1cc(=O)oc2[nH]c(=O)[nH]c(=O)c12.CCCCc1cc(=O)oc2c1c(=O)[nH]c(=O)n2CF.CCCCc1cc(=O)oc2c1c(=O)[nH]c(=O)n2CF. The molecule has 55 heavy (non-hydrogen) atoms. The second kappa shape index (κ2) is 18.5. The number of rotatable bonds is 11. The van der Waals surface area contributed by atoms with Crippen LogP contribution in [0, 0.1) is 0 Å². The first-order valence-electron chi connectivity index (χ1n) is 17.3. The summed E-state index contributed by atoms with van der Waals surface area (Å²) in [5, 5.41) is 0.369. The lowest BCUT2D eigenvalue weighted by molar-refractivity contribution is 0.355. The maximum atomic E-state index is 12.8. The van der Waals surface area contributed by atoms with Crippen LogP contribution in [-0.2, 0) is 32.9 Å². The van der Waals surface area contributed by atoms with E-state index in [1.54, 1.807) is 0 Å². The average molecular weight is 773 g/mol. The van der Waals surface area contributed by atoms with E-state index in [0.29, 0.717) is 45.1 Å². The fourth-order valence-electron chi connectivity index (χ4n) is 5.65. The van der Waals surface area contributed by atoms with E-state index in [0.717, 1.165) is 38.5 Å². The lowest BCUT2D eigenvalue weighted by atomic mass is 10.1. The number of hydrogen-bond acceptors (Lipinski definition) is 12. The summed E-state index contributed by atoms with van der Waals surface area (Å²) in [5.41, 5.74) is -5.52. The van der Waals surface area contributed by atoms with Gasteiger partial charge in [-0.05, 0) is 55.2 Å². The highest BCUT2D eigenvalue weighted by molar-refractivity contribution is 5.77. The Morgan fingerprint density at radius 1 is 0.509 bits per heavy atom. The Hall–Kier alpha value is -6.47. The van der Waals surface area contributed by atoms with E-state index in [1.165, 1.54) is 18.2 Å². The molecule has 6 heterocycles. The van der Waals surface area contributed by atoms with Gasteiger partial charge in [0.1, 0.15) is 16.2 Å². The van der Waals surface area contributed by atoms with Gasteiger partial charge >= 0.3 is 33.9 Å². The zero-order valence-electron chi connectivity index (χ0n) is 30.1. The molecule has 0 fully saturated rings. The highest BCUT2D eigenvalue weighted by Gasteiger charge is 2.16. The first kappa shape index (κ1) is 41.3. The van der Waals surface area contributed by atoms with E-state index in [2.05, 4.69) is 9.97 Å². The molecular formula is C35H38F2N6O12. The summed E-state index contributed by atoms with van der Waals surface area (Å²) in [6.07, 6.45) is 6.69. The summed E-state index contributed by atoms with van der Waals surface area (Å²) >= 11 is 0. The summed E-state index contributed by atoms with van der Waals surface area (Å²) in [5.74, 6) is 0. The second-order valence-electron chi connectivity index (χ2n) is 12.2. The molecule has 20 heteroatoms. The summed E-state index contributed by atoms with van der Waals surface area (Å²) in [6.45, 7) is 3.60. The van der Waals surface area contributed by atoms with E-state index < -0.39 is 64.2 Å². The third kappa shape index (κ3) is 9.56. The van der Waals surface area contributed by atoms with Gasteiger partial charge in [-0.3, -0.25) is 34.3 Å². The van der Waals surface area contributed by atoms with Crippen molar-refractivity contribution in [1.29, 1.82) is 0 Å². The summed E-state index contributed by atoms with van der Waals surface area (Å²) in [7, 11) is 0. The minimum Gasteiger partial charge on any atom is -0.405 e. The van der Waals surface area contributed by atoms with Crippen molar-refractivity contribution in [2.45, 2.75) is 92.2 Å². The van der Waals surface area contributed by atoms with Crippen molar-refractivity contribution in [2.75, 3.05) is 0 Å². The van der Waals surface area contributed by atoms with Crippen molar-refractivity contribution in [2.24, 2.45) is 0 Å². The van der Waals surface area contributed by atoms with Gasteiger partial charge in [0.05, 0.1) is 0 Å². The first-order chi connectivity index (χ1) is 26.3. The summed E-state index contributed by atoms with van der Waals surface area (Å²) in [4.78, 5) is 112. The Labute approximate surface area is 305 Å². The largest absolute Gasteiger partial charge is 0.405 e. The van der Waals surface area contributed by atoms with Gasteiger partial charge in [-0.1, -0.05) is 40.0 Å². The van der Waals surface area contributed by atoms with Crippen LogP contribution in [0.2, 0.25) is 0 Å². The minimum atomic E-state index is -1.17. The Bertz CT molecular complexity index is 2730. The number of alkyl halides is 2. The van der Waals surface area contributed by atoms with Crippen molar-refractivity contribution in [3.63, 3.8) is 0 Å². The molecule has 0 atom stereocenters. The van der Waals surface area contributed by atoms with Crippen molar-refractivity contribution in [1.82, 2.24) is 29.1 Å². The Morgan fingerprint density at radius 3 is 1.25 bits per heavy atom. The van der Waals surface area contributed by atoms with E-state index in [9.17, 15) is 51.9 Å². The highest BCUT2D eigenvalue weighted by Crippen LogP contribution is 2.15. The van der Waals surface area contributed by atoms with Crippen LogP contribution < -0.4 is 50.6 Å². The number of unbranched alkanes of at least 4 members (excludes halogenated alkanes) is 3. The number of aryl methyl sites for hydroxylation is 3. The molecule has 6 rings (SSSR count). The Morgan fingerprint density at radius 2 is 0.873 bits per heavy atom. The molecule has 4 N–H and O–H groups in total. The van der Waals surface area contributed by atoms with Gasteiger partial charge in [0.2, 0.25) is 17.1 Å². The van der Waals surface area contributed by atoms with Crippen molar-refractivity contribution in [3.8, 4) is 0 Å². The van der Waals surface area contributed by atoms with Crippen molar-refractivity contribution < 1.29 is 22.0 Å². The number of H-pyrrole nitrogens is 4. The van der Waals surface area contributed by atoms with Crippen LogP contribution in [0.1, 0.15) is 76.0 Å². The molecule has 0 aliphatic heterocycles. The monoisotopic (exact) mass is 772 g/mol. The zero-order valence-corrected chi connectivity index (χ0v) is 30.1. The van der Waals surface area contributed by atoms with Crippen LogP contribution in [0.5, 0.6) is 0 Å². The molecule has 0 spiro atoms. The lowest BCUT2D eigenvalue weighted by Crippen LogP contribution is -2.31. The van der Waals surface area contributed by atoms with Crippen LogP contribution in [0.4, 0.5) is 8.78 Å². The van der Waals surface area contributed by atoms with E-state index in [1.807, 2.05) is 30.7 Å². The molecule has 294 valence electrons. The second-order valence-corrected chi connectivity index (χ2v) is 12.2. The topological polar surface area (TPSA) is 266 Å². The molecular weight excluding hydrogens is 734 g/mol. The number of aromatic amines is 4. The maximum absolute atomic E-state index is 12.8. The van der Waals surface area contributed by atoms with Gasteiger partial charge in [0, 0.05) is 18.2 Å². The third-order valence-electron chi connectivity index (χ3n) is 8.29. The molecule has 6 aromatic heterocycles. The fourth-order valence-corrected chi connectivity index (χ4v) is 5.65. The molecule has 0 aliphatic carbocycles. The van der Waals surface area contributed by atoms with Gasteiger partial charge in [-0.2, -0.15) is 0 Å². The molecule has 0 saturated heterocycles. The predicted molar refractivity (Wildman–Crippen MR) is 197 cm³/mol. The number of halogens is 2. The highest BCUT2D eigenvalue weighted by atomic mass is 19.1. The van der Waals surface area contributed by atoms with Crippen LogP contribution >= 0.6 is 0 Å². The third-order valence-corrected chi connectivity index (χ3v) is 8.29. The smallest absolute Gasteiger partial charge is 0.337 e. The van der Waals surface area contributed by atoms with Crippen LogP contribution in [0.15, 0.2) is 74.6 Å². The minimum absolute atomic E-state index is 0.0580. The van der Waals surface area contributed by atoms with Gasteiger partial charge in [-0.25, -0.2) is 46.7 Å². The molecule has 6 aromatic rings. The molecule has 0 aromatic carbocycles. The summed E-state index contributed by atoms with van der Waals surface area (Å²) in [6, 6.07) is 3.71. The Balaban J connectivity index is 0.000000184. The number of fused-ring (bicyclic) bond motifs is 3. The average Bonchev–Trinajstić information content (AvgIpc) is 3.11. The number of nitrogens with one attached hydrogen (secondary N) is 4. The molecule has 0 unspecified atom stereocenters. The van der Waals surface area contributed by atoms with E-state index in [4.69, 9.17) is 13.3 Å². The summed E-state index contributed by atoms with van der Waals surface area (Å²) < 4.78 is 41.3. The van der Waals surface area contributed by atoms with Crippen LogP contribution in [-0.4, -0.2) is 29.1 Å². The van der Waals surface area contributed by atoms with E-state index >= 15 is 0 Å². The van der Waals surface area contributed by atoms with Gasteiger partial charge in [0.25, 0.3) is 16.7 Å². The van der Waals surface area contributed by atoms with Gasteiger partial charge in [0.15, 0.2) is 13.6 Å². The van der Waals surface area contributed by atoms with Crippen LogP contribution in [0.25, 0.3) is 33.3 Å². The Kier molecular flexibility index (Phi) is 13.9. The lowest BCUT2D eigenvalue weighted by Gasteiger charge is -2.07. The fraction of sp³-hybridized carbons (Fsp3) is 0.400. The maximum Gasteiger partial charge on any atom is 0.337 e. The number of aromatic nitrogens is 6. The zero-order chi connectivity index (χ0) is 40.4. The number of nitrogens with zero attached hydrogens (tertiary/aromatic N) is 2. The number of hydrogen-bond donors (Lipinski definition) is 4. The quantitative estimate of drug-likeness (QED) is 0.148.